The zero-order chi connectivity index (χ0) is 17.4. The van der Waals surface area contributed by atoms with Crippen molar-refractivity contribution in [3.05, 3.63) is 11.8 Å². The first-order chi connectivity index (χ1) is 10.9. The predicted octanol–water partition coefficient (Wildman–Crippen LogP) is -0.804. The number of nitrogens with one attached hydrogen (secondary N) is 1. The Labute approximate surface area is 136 Å². The summed E-state index contributed by atoms with van der Waals surface area (Å²) in [6, 6.07) is 0.836. The Morgan fingerprint density at radius 3 is 2.39 bits per heavy atom. The molecular formula is C15H25N5O3. The summed E-state index contributed by atoms with van der Waals surface area (Å²) in [6.45, 7) is 7.87. The van der Waals surface area contributed by atoms with E-state index in [0.29, 0.717) is 19.6 Å². The highest BCUT2D eigenvalue weighted by atomic mass is 16.4. The number of hydrogen-bond donors (Lipinski definition) is 3. The van der Waals surface area contributed by atoms with Crippen LogP contribution in [0.5, 0.6) is 0 Å². The predicted molar refractivity (Wildman–Crippen MR) is 85.2 cm³/mol. The summed E-state index contributed by atoms with van der Waals surface area (Å²) >= 11 is 0. The van der Waals surface area contributed by atoms with Gasteiger partial charge in [-0.25, -0.2) is 4.79 Å². The van der Waals surface area contributed by atoms with Gasteiger partial charge >= 0.3 is 5.97 Å². The first-order valence-electron chi connectivity index (χ1n) is 7.71. The normalized spacial score (nSPS) is 17.7. The van der Waals surface area contributed by atoms with Crippen molar-refractivity contribution < 1.29 is 14.7 Å². The second-order valence-electron chi connectivity index (χ2n) is 5.85. The van der Waals surface area contributed by atoms with Gasteiger partial charge in [0.05, 0.1) is 0 Å². The van der Waals surface area contributed by atoms with E-state index in [1.54, 1.807) is 13.8 Å². The van der Waals surface area contributed by atoms with Crippen molar-refractivity contribution in [3.8, 4) is 6.07 Å². The van der Waals surface area contributed by atoms with Gasteiger partial charge in [0.25, 0.3) is 5.91 Å². The molecule has 0 bridgehead atoms. The number of hydrogen-bond acceptors (Lipinski definition) is 6. The average Bonchev–Trinajstić information content (AvgIpc) is 2.51. The first kappa shape index (κ1) is 18.9. The third kappa shape index (κ3) is 5.88. The molecule has 1 amide bonds. The van der Waals surface area contributed by atoms with E-state index in [2.05, 4.69) is 10.2 Å². The van der Waals surface area contributed by atoms with Crippen LogP contribution in [0.3, 0.4) is 0 Å². The fraction of sp³-hybridized carbons (Fsp3) is 0.667. The van der Waals surface area contributed by atoms with Gasteiger partial charge in [-0.3, -0.25) is 9.69 Å². The minimum absolute atomic E-state index is 0.0795. The highest BCUT2D eigenvalue weighted by molar-refractivity contribution is 5.99. The zero-order valence-corrected chi connectivity index (χ0v) is 13.7. The molecule has 1 atom stereocenters. The minimum atomic E-state index is -1.11. The molecular weight excluding hydrogens is 298 g/mol. The molecule has 0 aromatic rings. The molecule has 8 heteroatoms. The van der Waals surface area contributed by atoms with E-state index in [1.165, 1.54) is 6.20 Å². The van der Waals surface area contributed by atoms with Gasteiger partial charge in [-0.1, -0.05) is 13.8 Å². The topological polar surface area (TPSA) is 123 Å². The Balaban J connectivity index is 2.67. The Bertz CT molecular complexity index is 490. The van der Waals surface area contributed by atoms with Gasteiger partial charge < -0.3 is 21.1 Å². The van der Waals surface area contributed by atoms with Gasteiger partial charge in [-0.15, -0.1) is 0 Å². The Morgan fingerprint density at radius 1 is 1.35 bits per heavy atom. The number of aliphatic carboxylic acids is 1. The number of carbonyl (C=O) groups excluding carboxylic acids is 1. The maximum atomic E-state index is 12.1. The first-order valence-corrected chi connectivity index (χ1v) is 7.71. The molecule has 1 aliphatic rings. The number of carboxylic acids is 1. The molecule has 8 nitrogen and oxygen atoms in total. The molecule has 23 heavy (non-hydrogen) atoms. The lowest BCUT2D eigenvalue weighted by molar-refractivity contribution is -0.142. The summed E-state index contributed by atoms with van der Waals surface area (Å²) in [5, 5.41) is 20.7. The fourth-order valence-corrected chi connectivity index (χ4v) is 2.35. The molecule has 1 heterocycles. The molecule has 1 rings (SSSR count). The number of carbonyl (C=O) groups is 2. The van der Waals surface area contributed by atoms with Gasteiger partial charge in [0.2, 0.25) is 0 Å². The Hall–Kier alpha value is -2.11. The van der Waals surface area contributed by atoms with E-state index in [9.17, 15) is 14.9 Å². The Kier molecular flexibility index (Phi) is 7.51. The van der Waals surface area contributed by atoms with Crippen molar-refractivity contribution in [2.75, 3.05) is 39.3 Å². The Morgan fingerprint density at radius 2 is 1.96 bits per heavy atom. The van der Waals surface area contributed by atoms with Crippen molar-refractivity contribution in [2.45, 2.75) is 19.9 Å². The summed E-state index contributed by atoms with van der Waals surface area (Å²) in [5.41, 5.74) is 5.44. The van der Waals surface area contributed by atoms with Crippen LogP contribution in [0.1, 0.15) is 13.8 Å². The van der Waals surface area contributed by atoms with E-state index in [0.717, 1.165) is 19.6 Å². The molecule has 0 spiro atoms. The van der Waals surface area contributed by atoms with Crippen molar-refractivity contribution >= 4 is 11.9 Å². The molecule has 1 aliphatic heterocycles. The molecule has 128 valence electrons. The second-order valence-corrected chi connectivity index (χ2v) is 5.85. The molecule has 1 saturated heterocycles. The third-order valence-electron chi connectivity index (χ3n) is 3.75. The van der Waals surface area contributed by atoms with Gasteiger partial charge in [0.15, 0.2) is 0 Å². The van der Waals surface area contributed by atoms with Crippen molar-refractivity contribution in [1.82, 2.24) is 15.1 Å². The number of piperazine rings is 1. The van der Waals surface area contributed by atoms with E-state index >= 15 is 0 Å². The number of nitriles is 1. The van der Waals surface area contributed by atoms with Gasteiger partial charge in [0.1, 0.15) is 17.7 Å². The fourth-order valence-electron chi connectivity index (χ4n) is 2.35. The summed E-state index contributed by atoms with van der Waals surface area (Å²) in [6.07, 6.45) is 1.51. The van der Waals surface area contributed by atoms with Crippen LogP contribution in [0, 0.1) is 17.2 Å². The van der Waals surface area contributed by atoms with Crippen LogP contribution in [0.2, 0.25) is 0 Å². The molecule has 1 unspecified atom stereocenters. The number of rotatable bonds is 7. The SMILES string of the molecule is CC(C)C(NC(=O)/C(C#N)=C\N1CCN(CCN)CC1)C(=O)O. The minimum Gasteiger partial charge on any atom is -0.480 e. The monoisotopic (exact) mass is 323 g/mol. The molecule has 1 fully saturated rings. The maximum absolute atomic E-state index is 12.1. The summed E-state index contributed by atoms with van der Waals surface area (Å²) in [4.78, 5) is 27.4. The highest BCUT2D eigenvalue weighted by Gasteiger charge is 2.25. The smallest absolute Gasteiger partial charge is 0.326 e. The van der Waals surface area contributed by atoms with Crippen molar-refractivity contribution in [1.29, 1.82) is 5.26 Å². The lowest BCUT2D eigenvalue weighted by atomic mass is 10.0. The lowest BCUT2D eigenvalue weighted by Crippen LogP contribution is -2.47. The summed E-state index contributed by atoms with van der Waals surface area (Å²) < 4.78 is 0. The molecule has 0 aromatic carbocycles. The number of nitrogens with two attached hydrogens (primary N) is 1. The third-order valence-corrected chi connectivity index (χ3v) is 3.75. The van der Waals surface area contributed by atoms with Crippen LogP contribution >= 0.6 is 0 Å². The van der Waals surface area contributed by atoms with Crippen molar-refractivity contribution in [3.63, 3.8) is 0 Å². The van der Waals surface area contributed by atoms with Gasteiger partial charge in [-0.05, 0) is 5.92 Å². The van der Waals surface area contributed by atoms with Crippen LogP contribution in [-0.4, -0.2) is 72.1 Å². The molecule has 4 N–H and O–H groups in total. The highest BCUT2D eigenvalue weighted by Crippen LogP contribution is 2.07. The lowest BCUT2D eigenvalue weighted by Gasteiger charge is -2.33. The maximum Gasteiger partial charge on any atom is 0.326 e. The zero-order valence-electron chi connectivity index (χ0n) is 13.7. The average molecular weight is 323 g/mol. The van der Waals surface area contributed by atoms with Gasteiger partial charge in [-0.2, -0.15) is 5.26 Å². The molecule has 0 radical (unpaired) electrons. The van der Waals surface area contributed by atoms with E-state index in [4.69, 9.17) is 10.8 Å². The number of nitrogens with zero attached hydrogens (tertiary/aromatic N) is 3. The van der Waals surface area contributed by atoms with Crippen molar-refractivity contribution in [2.24, 2.45) is 11.7 Å². The van der Waals surface area contributed by atoms with E-state index in [1.807, 2.05) is 11.0 Å². The largest absolute Gasteiger partial charge is 0.480 e. The van der Waals surface area contributed by atoms with Crippen LogP contribution in [-0.2, 0) is 9.59 Å². The van der Waals surface area contributed by atoms with Crippen LogP contribution in [0.25, 0.3) is 0 Å². The summed E-state index contributed by atoms with van der Waals surface area (Å²) in [7, 11) is 0. The number of carboxylic acid groups (broad SMARTS) is 1. The molecule has 0 aliphatic carbocycles. The quantitative estimate of drug-likeness (QED) is 0.414. The summed E-state index contributed by atoms with van der Waals surface area (Å²) in [5.74, 6) is -2.03. The standard InChI is InChI=1S/C15H25N5O3/c1-11(2)13(15(22)23)18-14(21)12(9-17)10-20-7-5-19(4-3-16)6-8-20/h10-11,13H,3-8,16H2,1-2H3,(H,18,21)(H,22,23)/b12-10-. The van der Waals surface area contributed by atoms with Crippen LogP contribution < -0.4 is 11.1 Å². The van der Waals surface area contributed by atoms with Gasteiger partial charge in [0, 0.05) is 45.5 Å². The van der Waals surface area contributed by atoms with Crippen LogP contribution in [0.15, 0.2) is 11.8 Å². The second kappa shape index (κ2) is 9.12. The van der Waals surface area contributed by atoms with Crippen LogP contribution in [0.4, 0.5) is 0 Å². The molecule has 0 aromatic heterocycles. The number of amides is 1. The van der Waals surface area contributed by atoms with E-state index < -0.39 is 17.9 Å². The van der Waals surface area contributed by atoms with E-state index in [-0.39, 0.29) is 11.5 Å². The molecule has 0 saturated carbocycles.